The summed E-state index contributed by atoms with van der Waals surface area (Å²) in [6.07, 6.45) is 9.33. The minimum atomic E-state index is -0.176. The highest BCUT2D eigenvalue weighted by Crippen LogP contribution is 2.65. The highest BCUT2D eigenvalue weighted by molar-refractivity contribution is 5.90. The van der Waals surface area contributed by atoms with Gasteiger partial charge in [-0.1, -0.05) is 27.7 Å². The topological polar surface area (TPSA) is 55.6 Å². The van der Waals surface area contributed by atoms with Crippen LogP contribution in [0.5, 0.6) is 0 Å². The van der Waals surface area contributed by atoms with Crippen molar-refractivity contribution in [2.45, 2.75) is 91.2 Å². The summed E-state index contributed by atoms with van der Waals surface area (Å²) in [4.78, 5) is 16.2. The Morgan fingerprint density at radius 1 is 1.00 bits per heavy atom. The molecule has 29 heavy (non-hydrogen) atoms. The molecule has 0 heterocycles. The molecule has 0 aromatic carbocycles. The lowest BCUT2D eigenvalue weighted by Crippen LogP contribution is -2.60. The van der Waals surface area contributed by atoms with E-state index < -0.39 is 0 Å². The van der Waals surface area contributed by atoms with Gasteiger partial charge in [0, 0.05) is 18.0 Å². The number of ether oxygens (including phenoxy) is 1. The molecule has 4 aliphatic carbocycles. The molecule has 4 aliphatic rings. The molecule has 0 radical (unpaired) electrons. The summed E-state index contributed by atoms with van der Waals surface area (Å²) in [5, 5.41) is 0. The van der Waals surface area contributed by atoms with E-state index in [1.54, 1.807) is 0 Å². The summed E-state index contributed by atoms with van der Waals surface area (Å²) < 4.78 is 6.24. The van der Waals surface area contributed by atoms with Gasteiger partial charge in [-0.05, 0) is 93.5 Å². The molecule has 4 saturated carbocycles. The first-order valence-corrected chi connectivity index (χ1v) is 12.5. The molecule has 4 nitrogen and oxygen atoms in total. The van der Waals surface area contributed by atoms with Crippen LogP contribution in [0.3, 0.4) is 0 Å². The smallest absolute Gasteiger partial charge is 0.167 e. The Labute approximate surface area is 178 Å². The maximum absolute atomic E-state index is 13.8. The number of hydrogen-bond donors (Lipinski definition) is 1. The van der Waals surface area contributed by atoms with Gasteiger partial charge in [-0.2, -0.15) is 0 Å². The maximum Gasteiger partial charge on any atom is 0.167 e. The lowest BCUT2D eigenvalue weighted by atomic mass is 9.44. The molecular weight excluding hydrogens is 360 g/mol. The molecule has 0 saturated heterocycles. The molecule has 0 aliphatic heterocycles. The van der Waals surface area contributed by atoms with Gasteiger partial charge in [0.15, 0.2) is 5.78 Å². The van der Waals surface area contributed by atoms with Gasteiger partial charge >= 0.3 is 0 Å². The molecule has 8 atom stereocenters. The predicted molar refractivity (Wildman–Crippen MR) is 118 cm³/mol. The van der Waals surface area contributed by atoms with Crippen LogP contribution in [-0.2, 0) is 9.53 Å². The summed E-state index contributed by atoms with van der Waals surface area (Å²) in [6, 6.07) is 0.359. The number of nitrogens with zero attached hydrogens (tertiary/aromatic N) is 1. The number of carbonyl (C=O) groups excluding carboxylic acids is 1. The van der Waals surface area contributed by atoms with Crippen LogP contribution < -0.4 is 5.73 Å². The average molecular weight is 405 g/mol. The number of likely N-dealkylation sites (N-methyl/N-ethyl adjacent to an activating group) is 1. The van der Waals surface area contributed by atoms with E-state index in [4.69, 9.17) is 10.5 Å². The largest absolute Gasteiger partial charge is 0.369 e. The van der Waals surface area contributed by atoms with Crippen molar-refractivity contribution in [3.63, 3.8) is 0 Å². The molecular formula is C25H44N2O2. The minimum Gasteiger partial charge on any atom is -0.369 e. The van der Waals surface area contributed by atoms with Crippen LogP contribution in [0.15, 0.2) is 0 Å². The number of carbonyl (C=O) groups is 1. The fourth-order valence-corrected chi connectivity index (χ4v) is 8.15. The van der Waals surface area contributed by atoms with Gasteiger partial charge in [-0.3, -0.25) is 4.79 Å². The Balaban J connectivity index is 1.48. The first-order valence-electron chi connectivity index (χ1n) is 12.5. The zero-order valence-electron chi connectivity index (χ0n) is 19.3. The second kappa shape index (κ2) is 8.24. The highest BCUT2D eigenvalue weighted by atomic mass is 16.5. The molecule has 0 aromatic heterocycles. The van der Waals surface area contributed by atoms with Crippen molar-refractivity contribution in [1.29, 1.82) is 0 Å². The molecule has 0 spiro atoms. The average Bonchev–Trinajstić information content (AvgIpc) is 3.02. The predicted octanol–water partition coefficient (Wildman–Crippen LogP) is 4.26. The number of Topliss-reactive ketones (excluding diaryl/α,β-unsaturated/α-hetero) is 1. The van der Waals surface area contributed by atoms with E-state index in [0.717, 1.165) is 32.0 Å². The first kappa shape index (κ1) is 21.8. The third kappa shape index (κ3) is 3.42. The molecule has 3 unspecified atom stereocenters. The minimum absolute atomic E-state index is 0.172. The number of rotatable bonds is 6. The van der Waals surface area contributed by atoms with Gasteiger partial charge in [0.25, 0.3) is 0 Å². The summed E-state index contributed by atoms with van der Waals surface area (Å²) >= 11 is 0. The van der Waals surface area contributed by atoms with E-state index in [0.29, 0.717) is 41.6 Å². The van der Waals surface area contributed by atoms with Gasteiger partial charge in [0.2, 0.25) is 0 Å². The monoisotopic (exact) mass is 404 g/mol. The molecule has 2 N–H and O–H groups in total. The van der Waals surface area contributed by atoms with E-state index in [-0.39, 0.29) is 11.5 Å². The molecule has 166 valence electrons. The normalized spacial score (nSPS) is 47.0. The lowest BCUT2D eigenvalue weighted by Gasteiger charge is -2.60. The van der Waals surface area contributed by atoms with Crippen LogP contribution in [0.25, 0.3) is 0 Å². The van der Waals surface area contributed by atoms with Crippen LogP contribution in [0.2, 0.25) is 0 Å². The van der Waals surface area contributed by atoms with E-state index in [2.05, 4.69) is 32.6 Å². The summed E-state index contributed by atoms with van der Waals surface area (Å²) in [5.74, 6) is 2.98. The molecule has 0 amide bonds. The van der Waals surface area contributed by atoms with Crippen molar-refractivity contribution < 1.29 is 9.53 Å². The number of ketones is 1. The third-order valence-corrected chi connectivity index (χ3v) is 10.2. The third-order valence-electron chi connectivity index (χ3n) is 10.2. The zero-order chi connectivity index (χ0) is 20.8. The molecule has 4 heteroatoms. The van der Waals surface area contributed by atoms with Crippen molar-refractivity contribution in [2.75, 3.05) is 26.2 Å². The molecule has 4 fully saturated rings. The Morgan fingerprint density at radius 2 is 1.72 bits per heavy atom. The van der Waals surface area contributed by atoms with Crippen molar-refractivity contribution in [1.82, 2.24) is 4.90 Å². The Bertz CT molecular complexity index is 606. The van der Waals surface area contributed by atoms with Crippen LogP contribution in [-0.4, -0.2) is 49.1 Å². The van der Waals surface area contributed by atoms with Gasteiger partial charge in [-0.15, -0.1) is 0 Å². The fraction of sp³-hybridized carbons (Fsp3) is 0.960. The summed E-state index contributed by atoms with van der Waals surface area (Å²) in [5.41, 5.74) is 6.71. The molecule has 0 aromatic rings. The second-order valence-electron chi connectivity index (χ2n) is 11.0. The lowest BCUT2D eigenvalue weighted by molar-refractivity contribution is -0.170. The van der Waals surface area contributed by atoms with Gasteiger partial charge < -0.3 is 15.4 Å². The van der Waals surface area contributed by atoms with E-state index in [1.165, 1.54) is 44.9 Å². The second-order valence-corrected chi connectivity index (χ2v) is 11.0. The van der Waals surface area contributed by atoms with Crippen LogP contribution in [0.4, 0.5) is 0 Å². The quantitative estimate of drug-likeness (QED) is 0.718. The molecule has 0 bridgehead atoms. The Kier molecular flexibility index (Phi) is 6.18. The first-order chi connectivity index (χ1) is 13.9. The standard InChI is InChI=1S/C25H44N2O2/c1-5-27(6-2)15-16-29-21-11-8-17-7-9-18-19-10-12-22(26)24(19,3)14-13-20(18)25(17,4)23(21)28/h17-22H,5-16,26H2,1-4H3/t17?,18-,19-,20+,21?,22?,24-,25-/m0/s1. The van der Waals surface area contributed by atoms with Crippen LogP contribution >= 0.6 is 0 Å². The summed E-state index contributed by atoms with van der Waals surface area (Å²) in [6.45, 7) is 12.9. The van der Waals surface area contributed by atoms with E-state index in [9.17, 15) is 4.79 Å². The number of nitrogens with two attached hydrogens (primary N) is 1. The Hall–Kier alpha value is -0.450. The highest BCUT2D eigenvalue weighted by Gasteiger charge is 2.62. The zero-order valence-corrected chi connectivity index (χ0v) is 19.3. The van der Waals surface area contributed by atoms with Crippen molar-refractivity contribution in [2.24, 2.45) is 40.2 Å². The van der Waals surface area contributed by atoms with Crippen molar-refractivity contribution in [3.05, 3.63) is 0 Å². The van der Waals surface area contributed by atoms with Gasteiger partial charge in [0.05, 0.1) is 6.61 Å². The van der Waals surface area contributed by atoms with Crippen molar-refractivity contribution >= 4 is 5.78 Å². The van der Waals surface area contributed by atoms with Crippen molar-refractivity contribution in [3.8, 4) is 0 Å². The van der Waals surface area contributed by atoms with Crippen LogP contribution in [0.1, 0.15) is 79.1 Å². The number of fused-ring (bicyclic) bond motifs is 5. The maximum atomic E-state index is 13.8. The fourth-order valence-electron chi connectivity index (χ4n) is 8.15. The Morgan fingerprint density at radius 3 is 2.45 bits per heavy atom. The van der Waals surface area contributed by atoms with E-state index >= 15 is 0 Å². The van der Waals surface area contributed by atoms with E-state index in [1.807, 2.05) is 0 Å². The molecule has 4 rings (SSSR count). The van der Waals surface area contributed by atoms with Gasteiger partial charge in [-0.25, -0.2) is 0 Å². The van der Waals surface area contributed by atoms with Gasteiger partial charge in [0.1, 0.15) is 6.10 Å². The SMILES string of the molecule is CCN(CC)CCOC1CCC2CC[C@@H]3[C@@H](CC[C@]4(C)C(N)CC[C@@H]34)[C@@]2(C)C1=O. The summed E-state index contributed by atoms with van der Waals surface area (Å²) in [7, 11) is 0. The number of hydrogen-bond acceptors (Lipinski definition) is 4. The van der Waals surface area contributed by atoms with Crippen LogP contribution in [0, 0.1) is 34.5 Å².